The van der Waals surface area contributed by atoms with E-state index < -0.39 is 0 Å². The maximum atomic E-state index is 12.5. The molecule has 104 valence electrons. The fourth-order valence-electron chi connectivity index (χ4n) is 2.25. The second-order valence-electron chi connectivity index (χ2n) is 4.90. The van der Waals surface area contributed by atoms with E-state index in [0.717, 1.165) is 16.8 Å². The van der Waals surface area contributed by atoms with E-state index in [1.165, 1.54) is 0 Å². The lowest BCUT2D eigenvalue weighted by Crippen LogP contribution is -2.27. The molecule has 0 bridgehead atoms. The molecular weight excluding hydrogens is 272 g/mol. The monoisotopic (exact) mass is 288 g/mol. The number of benzene rings is 2. The molecule has 0 spiro atoms. The summed E-state index contributed by atoms with van der Waals surface area (Å²) in [5.41, 5.74) is 9.63. The third-order valence-electron chi connectivity index (χ3n) is 3.20. The Balaban J connectivity index is 2.38. The van der Waals surface area contributed by atoms with Crippen LogP contribution in [0.25, 0.3) is 0 Å². The Hall–Kier alpha value is -2.00. The molecule has 0 saturated carbocycles. The SMILES string of the molecule is Cc1cc(C)c(N(C)C(=O)c2ccc(N)cc2)c(Cl)c1. The Labute approximate surface area is 124 Å². The van der Waals surface area contributed by atoms with Crippen LogP contribution in [0.5, 0.6) is 0 Å². The maximum absolute atomic E-state index is 12.5. The van der Waals surface area contributed by atoms with Gasteiger partial charge in [-0.2, -0.15) is 0 Å². The van der Waals surface area contributed by atoms with E-state index in [-0.39, 0.29) is 5.91 Å². The minimum Gasteiger partial charge on any atom is -0.399 e. The molecule has 4 heteroatoms. The van der Waals surface area contributed by atoms with E-state index in [1.807, 2.05) is 26.0 Å². The van der Waals surface area contributed by atoms with Crippen LogP contribution in [0.3, 0.4) is 0 Å². The minimum absolute atomic E-state index is 0.112. The van der Waals surface area contributed by atoms with Gasteiger partial charge in [0.25, 0.3) is 5.91 Å². The molecule has 2 aromatic rings. The highest BCUT2D eigenvalue weighted by Crippen LogP contribution is 2.31. The largest absolute Gasteiger partial charge is 0.399 e. The van der Waals surface area contributed by atoms with Gasteiger partial charge in [0.2, 0.25) is 0 Å². The van der Waals surface area contributed by atoms with E-state index in [9.17, 15) is 4.79 Å². The molecular formula is C16H17ClN2O. The Kier molecular flexibility index (Phi) is 4.00. The first kappa shape index (κ1) is 14.4. The van der Waals surface area contributed by atoms with Crippen molar-refractivity contribution in [3.63, 3.8) is 0 Å². The van der Waals surface area contributed by atoms with Gasteiger partial charge in [0.15, 0.2) is 0 Å². The molecule has 0 aliphatic heterocycles. The van der Waals surface area contributed by atoms with Gasteiger partial charge < -0.3 is 10.6 Å². The second-order valence-corrected chi connectivity index (χ2v) is 5.31. The summed E-state index contributed by atoms with van der Waals surface area (Å²) in [5, 5.41) is 0.578. The van der Waals surface area contributed by atoms with E-state index >= 15 is 0 Å². The quantitative estimate of drug-likeness (QED) is 0.854. The summed E-state index contributed by atoms with van der Waals surface area (Å²) < 4.78 is 0. The Morgan fingerprint density at radius 1 is 1.15 bits per heavy atom. The highest BCUT2D eigenvalue weighted by Gasteiger charge is 2.18. The van der Waals surface area contributed by atoms with Crippen LogP contribution in [-0.2, 0) is 0 Å². The Morgan fingerprint density at radius 2 is 1.75 bits per heavy atom. The topological polar surface area (TPSA) is 46.3 Å². The van der Waals surface area contributed by atoms with Crippen LogP contribution in [0.1, 0.15) is 21.5 Å². The number of nitrogens with two attached hydrogens (primary N) is 1. The predicted octanol–water partition coefficient (Wildman–Crippen LogP) is 3.82. The molecule has 0 heterocycles. The number of rotatable bonds is 2. The molecule has 0 radical (unpaired) electrons. The van der Waals surface area contributed by atoms with Gasteiger partial charge in [0, 0.05) is 18.3 Å². The third-order valence-corrected chi connectivity index (χ3v) is 3.48. The molecule has 0 aromatic heterocycles. The zero-order chi connectivity index (χ0) is 14.9. The number of amides is 1. The lowest BCUT2D eigenvalue weighted by Gasteiger charge is -2.21. The van der Waals surface area contributed by atoms with Gasteiger partial charge in [-0.25, -0.2) is 0 Å². The van der Waals surface area contributed by atoms with Crippen molar-refractivity contribution >= 4 is 28.9 Å². The molecule has 2 N–H and O–H groups in total. The van der Waals surface area contributed by atoms with Crippen molar-refractivity contribution in [1.82, 2.24) is 0 Å². The molecule has 20 heavy (non-hydrogen) atoms. The van der Waals surface area contributed by atoms with Gasteiger partial charge in [-0.05, 0) is 55.3 Å². The number of hydrogen-bond acceptors (Lipinski definition) is 2. The lowest BCUT2D eigenvalue weighted by atomic mass is 10.1. The van der Waals surface area contributed by atoms with Crippen molar-refractivity contribution in [2.75, 3.05) is 17.7 Å². The highest BCUT2D eigenvalue weighted by atomic mass is 35.5. The van der Waals surface area contributed by atoms with Crippen molar-refractivity contribution in [2.45, 2.75) is 13.8 Å². The van der Waals surface area contributed by atoms with Crippen molar-refractivity contribution in [3.05, 3.63) is 58.1 Å². The molecule has 0 fully saturated rings. The lowest BCUT2D eigenvalue weighted by molar-refractivity contribution is 0.0993. The van der Waals surface area contributed by atoms with Crippen molar-refractivity contribution in [2.24, 2.45) is 0 Å². The number of carbonyl (C=O) groups is 1. The zero-order valence-electron chi connectivity index (χ0n) is 11.8. The highest BCUT2D eigenvalue weighted by molar-refractivity contribution is 6.34. The average molecular weight is 289 g/mol. The smallest absolute Gasteiger partial charge is 0.258 e. The van der Waals surface area contributed by atoms with Crippen LogP contribution < -0.4 is 10.6 Å². The molecule has 3 nitrogen and oxygen atoms in total. The van der Waals surface area contributed by atoms with Gasteiger partial charge in [0.1, 0.15) is 0 Å². The first-order chi connectivity index (χ1) is 9.40. The van der Waals surface area contributed by atoms with Crippen molar-refractivity contribution < 1.29 is 4.79 Å². The normalized spacial score (nSPS) is 10.4. The zero-order valence-corrected chi connectivity index (χ0v) is 12.5. The summed E-state index contributed by atoms with van der Waals surface area (Å²) >= 11 is 6.27. The van der Waals surface area contributed by atoms with Gasteiger partial charge in [0.05, 0.1) is 10.7 Å². The number of aryl methyl sites for hydroxylation is 2. The number of halogens is 1. The fourth-order valence-corrected chi connectivity index (χ4v) is 2.70. The van der Waals surface area contributed by atoms with Crippen LogP contribution in [-0.4, -0.2) is 13.0 Å². The number of nitrogens with zero attached hydrogens (tertiary/aromatic N) is 1. The Morgan fingerprint density at radius 3 is 2.30 bits per heavy atom. The van der Waals surface area contributed by atoms with E-state index in [0.29, 0.717) is 16.3 Å². The van der Waals surface area contributed by atoms with Crippen LogP contribution in [0.2, 0.25) is 5.02 Å². The maximum Gasteiger partial charge on any atom is 0.258 e. The molecule has 0 unspecified atom stereocenters. The first-order valence-electron chi connectivity index (χ1n) is 6.30. The van der Waals surface area contributed by atoms with Crippen LogP contribution >= 0.6 is 11.6 Å². The molecule has 0 aliphatic rings. The van der Waals surface area contributed by atoms with E-state index in [2.05, 4.69) is 0 Å². The van der Waals surface area contributed by atoms with Gasteiger partial charge in [-0.1, -0.05) is 17.7 Å². The summed E-state index contributed by atoms with van der Waals surface area (Å²) in [6.45, 7) is 3.92. The standard InChI is InChI=1S/C16H17ClN2O/c1-10-8-11(2)15(14(17)9-10)19(3)16(20)12-4-6-13(18)7-5-12/h4-9H,18H2,1-3H3. The molecule has 0 saturated heterocycles. The molecule has 1 amide bonds. The Bertz CT molecular complexity index is 627. The van der Waals surface area contributed by atoms with Crippen LogP contribution in [0, 0.1) is 13.8 Å². The van der Waals surface area contributed by atoms with Crippen LogP contribution in [0.4, 0.5) is 11.4 Å². The molecule has 2 rings (SSSR count). The number of hydrogen-bond donors (Lipinski definition) is 1. The number of anilines is 2. The summed E-state index contributed by atoms with van der Waals surface area (Å²) in [6.07, 6.45) is 0. The summed E-state index contributed by atoms with van der Waals surface area (Å²) in [6, 6.07) is 10.7. The second kappa shape index (κ2) is 5.55. The van der Waals surface area contributed by atoms with Crippen molar-refractivity contribution in [3.8, 4) is 0 Å². The van der Waals surface area contributed by atoms with Crippen molar-refractivity contribution in [1.29, 1.82) is 0 Å². The molecule has 2 aromatic carbocycles. The van der Waals surface area contributed by atoms with E-state index in [4.69, 9.17) is 17.3 Å². The van der Waals surface area contributed by atoms with Crippen LogP contribution in [0.15, 0.2) is 36.4 Å². The predicted molar refractivity (Wildman–Crippen MR) is 84.5 cm³/mol. The summed E-state index contributed by atoms with van der Waals surface area (Å²) in [4.78, 5) is 14.0. The average Bonchev–Trinajstić information content (AvgIpc) is 2.37. The number of nitrogen functional groups attached to an aromatic ring is 1. The third kappa shape index (κ3) is 2.78. The van der Waals surface area contributed by atoms with E-state index in [1.54, 1.807) is 36.2 Å². The van der Waals surface area contributed by atoms with Gasteiger partial charge in [-0.15, -0.1) is 0 Å². The molecule has 0 aliphatic carbocycles. The molecule has 0 atom stereocenters. The minimum atomic E-state index is -0.112. The van der Waals surface area contributed by atoms with Gasteiger partial charge in [-0.3, -0.25) is 4.79 Å². The fraction of sp³-hybridized carbons (Fsp3) is 0.188. The van der Waals surface area contributed by atoms with Gasteiger partial charge >= 0.3 is 0 Å². The first-order valence-corrected chi connectivity index (χ1v) is 6.68. The number of carbonyl (C=O) groups excluding carboxylic acids is 1. The summed E-state index contributed by atoms with van der Waals surface area (Å²) in [7, 11) is 1.72. The summed E-state index contributed by atoms with van der Waals surface area (Å²) in [5.74, 6) is -0.112.